The van der Waals surface area contributed by atoms with Crippen LogP contribution >= 0.6 is 11.8 Å². The number of para-hydroxylation sites is 1. The standard InChI is InChI=1S/C19H18N2O2S/c1-13-7-6-10-16-17(13)20-19(24-12-14(2)22)21(18(16)23)11-15-8-4-3-5-9-15/h3-10H,11-12H2,1-2H3. The van der Waals surface area contributed by atoms with Gasteiger partial charge in [-0.25, -0.2) is 4.98 Å². The summed E-state index contributed by atoms with van der Waals surface area (Å²) >= 11 is 1.31. The molecule has 5 heteroatoms. The van der Waals surface area contributed by atoms with Gasteiger partial charge in [0.05, 0.1) is 23.2 Å². The Morgan fingerprint density at radius 1 is 1.12 bits per heavy atom. The zero-order valence-corrected chi connectivity index (χ0v) is 14.5. The van der Waals surface area contributed by atoms with Gasteiger partial charge in [-0.3, -0.25) is 14.2 Å². The van der Waals surface area contributed by atoms with E-state index < -0.39 is 0 Å². The van der Waals surface area contributed by atoms with Crippen LogP contribution in [0.2, 0.25) is 0 Å². The van der Waals surface area contributed by atoms with E-state index in [1.165, 1.54) is 11.8 Å². The van der Waals surface area contributed by atoms with Crippen molar-refractivity contribution in [3.05, 3.63) is 70.0 Å². The Kier molecular flexibility index (Phi) is 4.81. The lowest BCUT2D eigenvalue weighted by Gasteiger charge is -2.13. The summed E-state index contributed by atoms with van der Waals surface area (Å²) in [5.41, 5.74) is 2.62. The van der Waals surface area contributed by atoms with Gasteiger partial charge in [0.1, 0.15) is 5.78 Å². The molecule has 0 radical (unpaired) electrons. The second-order valence-corrected chi connectivity index (χ2v) is 6.68. The molecule has 0 spiro atoms. The first-order valence-corrected chi connectivity index (χ1v) is 8.71. The Bertz CT molecular complexity index is 949. The summed E-state index contributed by atoms with van der Waals surface area (Å²) in [4.78, 5) is 29.0. The maximum absolute atomic E-state index is 13.0. The minimum atomic E-state index is -0.0707. The van der Waals surface area contributed by atoms with Gasteiger partial charge in [0, 0.05) is 0 Å². The number of aryl methyl sites for hydroxylation is 1. The van der Waals surface area contributed by atoms with Crippen molar-refractivity contribution in [2.24, 2.45) is 0 Å². The second kappa shape index (κ2) is 7.01. The predicted molar refractivity (Wildman–Crippen MR) is 97.7 cm³/mol. The van der Waals surface area contributed by atoms with E-state index in [2.05, 4.69) is 4.98 Å². The van der Waals surface area contributed by atoms with Crippen molar-refractivity contribution < 1.29 is 4.79 Å². The highest BCUT2D eigenvalue weighted by atomic mass is 32.2. The molecule has 0 unspecified atom stereocenters. The van der Waals surface area contributed by atoms with Gasteiger partial charge in [-0.15, -0.1) is 0 Å². The largest absolute Gasteiger partial charge is 0.299 e. The highest BCUT2D eigenvalue weighted by Gasteiger charge is 2.13. The summed E-state index contributed by atoms with van der Waals surface area (Å²) in [6.45, 7) is 3.92. The number of ketones is 1. The Morgan fingerprint density at radius 2 is 1.88 bits per heavy atom. The fourth-order valence-electron chi connectivity index (χ4n) is 2.55. The molecule has 0 N–H and O–H groups in total. The second-order valence-electron chi connectivity index (χ2n) is 5.73. The molecule has 4 nitrogen and oxygen atoms in total. The third kappa shape index (κ3) is 3.41. The zero-order chi connectivity index (χ0) is 17.1. The molecule has 0 saturated heterocycles. The lowest BCUT2D eigenvalue weighted by molar-refractivity contribution is -0.114. The number of Topliss-reactive ketones (excluding diaryl/α,β-unsaturated/α-hetero) is 1. The molecule has 3 rings (SSSR count). The molecule has 2 aromatic carbocycles. The van der Waals surface area contributed by atoms with Crippen molar-refractivity contribution in [1.82, 2.24) is 9.55 Å². The van der Waals surface area contributed by atoms with E-state index in [9.17, 15) is 9.59 Å². The van der Waals surface area contributed by atoms with Gasteiger partial charge >= 0.3 is 0 Å². The molecule has 0 bridgehead atoms. The van der Waals surface area contributed by atoms with Gasteiger partial charge in [-0.05, 0) is 31.0 Å². The molecule has 0 aliphatic carbocycles. The number of aromatic nitrogens is 2. The number of rotatable bonds is 5. The average molecular weight is 338 g/mol. The maximum atomic E-state index is 13.0. The number of benzene rings is 2. The van der Waals surface area contributed by atoms with E-state index in [4.69, 9.17) is 0 Å². The topological polar surface area (TPSA) is 52.0 Å². The Hall–Kier alpha value is -2.40. The fraction of sp³-hybridized carbons (Fsp3) is 0.211. The van der Waals surface area contributed by atoms with Crippen molar-refractivity contribution in [1.29, 1.82) is 0 Å². The summed E-state index contributed by atoms with van der Waals surface area (Å²) in [5, 5.41) is 1.19. The average Bonchev–Trinajstić information content (AvgIpc) is 2.57. The highest BCUT2D eigenvalue weighted by molar-refractivity contribution is 7.99. The minimum absolute atomic E-state index is 0.0605. The SMILES string of the molecule is CC(=O)CSc1nc2c(C)cccc2c(=O)n1Cc1ccccc1. The molecule has 0 atom stereocenters. The van der Waals surface area contributed by atoms with Crippen molar-refractivity contribution in [2.45, 2.75) is 25.5 Å². The van der Waals surface area contributed by atoms with Crippen LogP contribution in [0.5, 0.6) is 0 Å². The number of carbonyl (C=O) groups is 1. The van der Waals surface area contributed by atoms with Crippen LogP contribution in [-0.4, -0.2) is 21.1 Å². The van der Waals surface area contributed by atoms with E-state index >= 15 is 0 Å². The summed E-state index contributed by atoms with van der Waals surface area (Å²) in [7, 11) is 0. The van der Waals surface area contributed by atoms with E-state index in [1.807, 2.05) is 49.4 Å². The van der Waals surface area contributed by atoms with E-state index in [0.29, 0.717) is 28.4 Å². The third-order valence-corrected chi connectivity index (χ3v) is 4.86. The highest BCUT2D eigenvalue weighted by Crippen LogP contribution is 2.20. The third-order valence-electron chi connectivity index (χ3n) is 3.74. The summed E-state index contributed by atoms with van der Waals surface area (Å²) < 4.78 is 1.66. The molecule has 0 fully saturated rings. The first kappa shape index (κ1) is 16.5. The van der Waals surface area contributed by atoms with Crippen LogP contribution in [0.25, 0.3) is 10.9 Å². The molecule has 24 heavy (non-hydrogen) atoms. The van der Waals surface area contributed by atoms with Crippen LogP contribution in [0.3, 0.4) is 0 Å². The summed E-state index contributed by atoms with van der Waals surface area (Å²) in [6, 6.07) is 15.4. The Labute approximate surface area is 144 Å². The maximum Gasteiger partial charge on any atom is 0.262 e. The molecule has 0 amide bonds. The van der Waals surface area contributed by atoms with Crippen molar-refractivity contribution in [2.75, 3.05) is 5.75 Å². The lowest BCUT2D eigenvalue weighted by Crippen LogP contribution is -2.24. The van der Waals surface area contributed by atoms with Crippen LogP contribution in [-0.2, 0) is 11.3 Å². The monoisotopic (exact) mass is 338 g/mol. The van der Waals surface area contributed by atoms with Crippen molar-refractivity contribution in [3.63, 3.8) is 0 Å². The zero-order valence-electron chi connectivity index (χ0n) is 13.7. The number of hydrogen-bond acceptors (Lipinski definition) is 4. The number of fused-ring (bicyclic) bond motifs is 1. The summed E-state index contributed by atoms with van der Waals surface area (Å²) in [6.07, 6.45) is 0. The Balaban J connectivity index is 2.16. The number of hydrogen-bond donors (Lipinski definition) is 0. The molecule has 1 aromatic heterocycles. The van der Waals surface area contributed by atoms with Crippen LogP contribution < -0.4 is 5.56 Å². The number of nitrogens with zero attached hydrogens (tertiary/aromatic N) is 2. The lowest BCUT2D eigenvalue weighted by atomic mass is 10.1. The minimum Gasteiger partial charge on any atom is -0.299 e. The molecule has 0 saturated carbocycles. The van der Waals surface area contributed by atoms with Gasteiger partial charge in [0.2, 0.25) is 0 Å². The van der Waals surface area contributed by atoms with Crippen LogP contribution in [0.15, 0.2) is 58.5 Å². The van der Waals surface area contributed by atoms with Crippen molar-refractivity contribution in [3.8, 4) is 0 Å². The Morgan fingerprint density at radius 3 is 2.58 bits per heavy atom. The molecule has 3 aromatic rings. The number of carbonyl (C=O) groups excluding carboxylic acids is 1. The van der Waals surface area contributed by atoms with Gasteiger partial charge < -0.3 is 0 Å². The van der Waals surface area contributed by atoms with E-state index in [1.54, 1.807) is 17.6 Å². The van der Waals surface area contributed by atoms with Gasteiger partial charge in [0.15, 0.2) is 5.16 Å². The quantitative estimate of drug-likeness (QED) is 0.528. The molecule has 1 heterocycles. The van der Waals surface area contributed by atoms with Gasteiger partial charge in [-0.2, -0.15) is 0 Å². The normalized spacial score (nSPS) is 10.9. The molecule has 122 valence electrons. The first-order valence-electron chi connectivity index (χ1n) is 7.72. The van der Waals surface area contributed by atoms with Crippen molar-refractivity contribution >= 4 is 28.4 Å². The smallest absolute Gasteiger partial charge is 0.262 e. The van der Waals surface area contributed by atoms with Crippen LogP contribution in [0.4, 0.5) is 0 Å². The molecular formula is C19H18N2O2S. The van der Waals surface area contributed by atoms with Gasteiger partial charge in [-0.1, -0.05) is 54.2 Å². The molecular weight excluding hydrogens is 320 g/mol. The van der Waals surface area contributed by atoms with E-state index in [-0.39, 0.29) is 11.3 Å². The first-order chi connectivity index (χ1) is 11.6. The van der Waals surface area contributed by atoms with E-state index in [0.717, 1.165) is 11.1 Å². The van der Waals surface area contributed by atoms with Crippen LogP contribution in [0.1, 0.15) is 18.1 Å². The van der Waals surface area contributed by atoms with Gasteiger partial charge in [0.25, 0.3) is 5.56 Å². The number of thioether (sulfide) groups is 1. The molecule has 0 aliphatic rings. The predicted octanol–water partition coefficient (Wildman–Crippen LogP) is 3.43. The van der Waals surface area contributed by atoms with Crippen LogP contribution in [0, 0.1) is 6.92 Å². The summed E-state index contributed by atoms with van der Waals surface area (Å²) in [5.74, 6) is 0.365. The molecule has 0 aliphatic heterocycles. The fourth-order valence-corrected chi connectivity index (χ4v) is 3.34.